The third kappa shape index (κ3) is 2.62. The van der Waals surface area contributed by atoms with Crippen molar-refractivity contribution in [1.29, 1.82) is 0 Å². The Morgan fingerprint density at radius 3 is 2.33 bits per heavy atom. The van der Waals surface area contributed by atoms with E-state index < -0.39 is 0 Å². The molecule has 2 aromatic rings. The van der Waals surface area contributed by atoms with Gasteiger partial charge in [0.2, 0.25) is 0 Å². The Bertz CT molecular complexity index is 514. The SMILES string of the molecule is CC(C(=O)c1cccs1)c1ccc(N(C)C)cc1. The molecule has 1 aromatic heterocycles. The second-order valence-corrected chi connectivity index (χ2v) is 5.50. The smallest absolute Gasteiger partial charge is 0.179 e. The topological polar surface area (TPSA) is 20.3 Å². The van der Waals surface area contributed by atoms with Gasteiger partial charge in [-0.05, 0) is 29.1 Å². The van der Waals surface area contributed by atoms with Crippen LogP contribution in [0.3, 0.4) is 0 Å². The molecule has 0 bridgehead atoms. The molecule has 94 valence electrons. The molecule has 0 saturated carbocycles. The summed E-state index contributed by atoms with van der Waals surface area (Å²) in [6.07, 6.45) is 0. The first-order valence-corrected chi connectivity index (χ1v) is 6.82. The van der Waals surface area contributed by atoms with Crippen LogP contribution in [-0.4, -0.2) is 19.9 Å². The van der Waals surface area contributed by atoms with Gasteiger partial charge in [0.25, 0.3) is 0 Å². The summed E-state index contributed by atoms with van der Waals surface area (Å²) in [6, 6.07) is 12.0. The second kappa shape index (κ2) is 5.36. The molecular weight excluding hydrogens is 242 g/mol. The number of carbonyl (C=O) groups excluding carboxylic acids is 1. The van der Waals surface area contributed by atoms with Crippen molar-refractivity contribution in [3.63, 3.8) is 0 Å². The maximum absolute atomic E-state index is 12.2. The Morgan fingerprint density at radius 2 is 1.83 bits per heavy atom. The zero-order valence-electron chi connectivity index (χ0n) is 10.9. The van der Waals surface area contributed by atoms with E-state index in [0.717, 1.165) is 16.1 Å². The van der Waals surface area contributed by atoms with Crippen LogP contribution in [0.4, 0.5) is 5.69 Å². The summed E-state index contributed by atoms with van der Waals surface area (Å²) in [5, 5.41) is 1.94. The van der Waals surface area contributed by atoms with E-state index in [1.807, 2.05) is 62.8 Å². The number of hydrogen-bond acceptors (Lipinski definition) is 3. The number of anilines is 1. The molecule has 18 heavy (non-hydrogen) atoms. The van der Waals surface area contributed by atoms with Gasteiger partial charge < -0.3 is 4.90 Å². The Kier molecular flexibility index (Phi) is 3.82. The Hall–Kier alpha value is -1.61. The minimum atomic E-state index is -0.0835. The zero-order valence-corrected chi connectivity index (χ0v) is 11.7. The van der Waals surface area contributed by atoms with Crippen LogP contribution in [0, 0.1) is 0 Å². The van der Waals surface area contributed by atoms with E-state index in [9.17, 15) is 4.79 Å². The first-order valence-electron chi connectivity index (χ1n) is 5.94. The minimum Gasteiger partial charge on any atom is -0.378 e. The van der Waals surface area contributed by atoms with Crippen molar-refractivity contribution in [2.75, 3.05) is 19.0 Å². The van der Waals surface area contributed by atoms with E-state index in [4.69, 9.17) is 0 Å². The van der Waals surface area contributed by atoms with Crippen LogP contribution in [0.25, 0.3) is 0 Å². The van der Waals surface area contributed by atoms with Crippen LogP contribution < -0.4 is 4.90 Å². The van der Waals surface area contributed by atoms with Crippen molar-refractivity contribution in [3.8, 4) is 0 Å². The van der Waals surface area contributed by atoms with Gasteiger partial charge in [0, 0.05) is 25.7 Å². The summed E-state index contributed by atoms with van der Waals surface area (Å²) < 4.78 is 0. The van der Waals surface area contributed by atoms with Crippen LogP contribution in [0.1, 0.15) is 28.1 Å². The molecule has 1 aromatic carbocycles. The largest absolute Gasteiger partial charge is 0.378 e. The molecule has 3 heteroatoms. The van der Waals surface area contributed by atoms with Crippen LogP contribution in [0.2, 0.25) is 0 Å². The Labute approximate surface area is 112 Å². The third-order valence-electron chi connectivity index (χ3n) is 3.07. The number of thiophene rings is 1. The highest BCUT2D eigenvalue weighted by molar-refractivity contribution is 7.12. The fraction of sp³-hybridized carbons (Fsp3) is 0.267. The van der Waals surface area contributed by atoms with Gasteiger partial charge in [-0.25, -0.2) is 0 Å². The van der Waals surface area contributed by atoms with Crippen LogP contribution >= 0.6 is 11.3 Å². The van der Waals surface area contributed by atoms with E-state index in [1.165, 1.54) is 11.3 Å². The van der Waals surface area contributed by atoms with Crippen molar-refractivity contribution in [2.45, 2.75) is 12.8 Å². The highest BCUT2D eigenvalue weighted by atomic mass is 32.1. The average molecular weight is 259 g/mol. The Balaban J connectivity index is 2.18. The molecule has 0 spiro atoms. The van der Waals surface area contributed by atoms with E-state index in [-0.39, 0.29) is 11.7 Å². The summed E-state index contributed by atoms with van der Waals surface area (Å²) >= 11 is 1.50. The lowest BCUT2D eigenvalue weighted by Gasteiger charge is -2.14. The molecule has 2 rings (SSSR count). The number of carbonyl (C=O) groups is 1. The lowest BCUT2D eigenvalue weighted by molar-refractivity contribution is 0.0970. The van der Waals surface area contributed by atoms with Gasteiger partial charge in [-0.15, -0.1) is 11.3 Å². The lowest BCUT2D eigenvalue weighted by Crippen LogP contribution is -2.10. The fourth-order valence-corrected chi connectivity index (χ4v) is 2.60. The predicted molar refractivity (Wildman–Crippen MR) is 77.8 cm³/mol. The lowest BCUT2D eigenvalue weighted by atomic mass is 9.95. The minimum absolute atomic E-state index is 0.0835. The van der Waals surface area contributed by atoms with E-state index in [2.05, 4.69) is 4.90 Å². The van der Waals surface area contributed by atoms with Crippen molar-refractivity contribution in [2.24, 2.45) is 0 Å². The van der Waals surface area contributed by atoms with Gasteiger partial charge in [0.1, 0.15) is 0 Å². The van der Waals surface area contributed by atoms with Crippen molar-refractivity contribution >= 4 is 22.8 Å². The van der Waals surface area contributed by atoms with Gasteiger partial charge in [-0.1, -0.05) is 25.1 Å². The van der Waals surface area contributed by atoms with Crippen molar-refractivity contribution < 1.29 is 4.79 Å². The fourth-order valence-electron chi connectivity index (χ4n) is 1.84. The number of nitrogens with zero attached hydrogens (tertiary/aromatic N) is 1. The number of rotatable bonds is 4. The van der Waals surface area contributed by atoms with Gasteiger partial charge in [0.15, 0.2) is 5.78 Å². The predicted octanol–water partition coefficient (Wildman–Crippen LogP) is 3.80. The highest BCUT2D eigenvalue weighted by Crippen LogP contribution is 2.24. The number of ketones is 1. The summed E-state index contributed by atoms with van der Waals surface area (Å²) in [5.74, 6) is 0.113. The van der Waals surface area contributed by atoms with Crippen molar-refractivity contribution in [1.82, 2.24) is 0 Å². The second-order valence-electron chi connectivity index (χ2n) is 4.55. The van der Waals surface area contributed by atoms with Gasteiger partial charge >= 0.3 is 0 Å². The van der Waals surface area contributed by atoms with Crippen LogP contribution in [0.15, 0.2) is 41.8 Å². The van der Waals surface area contributed by atoms with Gasteiger partial charge in [-0.3, -0.25) is 4.79 Å². The molecule has 0 radical (unpaired) electrons. The zero-order chi connectivity index (χ0) is 13.1. The van der Waals surface area contributed by atoms with E-state index in [1.54, 1.807) is 0 Å². The summed E-state index contributed by atoms with van der Waals surface area (Å²) in [6.45, 7) is 1.96. The molecule has 0 saturated heterocycles. The highest BCUT2D eigenvalue weighted by Gasteiger charge is 2.17. The quantitative estimate of drug-likeness (QED) is 0.778. The molecule has 0 amide bonds. The van der Waals surface area contributed by atoms with Gasteiger partial charge in [0.05, 0.1) is 4.88 Å². The van der Waals surface area contributed by atoms with E-state index in [0.29, 0.717) is 0 Å². The normalized spacial score (nSPS) is 12.2. The molecule has 0 aliphatic carbocycles. The monoisotopic (exact) mass is 259 g/mol. The summed E-state index contributed by atoms with van der Waals surface area (Å²) in [5.41, 5.74) is 2.22. The molecule has 1 unspecified atom stereocenters. The summed E-state index contributed by atoms with van der Waals surface area (Å²) in [4.78, 5) is 15.1. The first-order chi connectivity index (χ1) is 8.59. The van der Waals surface area contributed by atoms with E-state index >= 15 is 0 Å². The molecule has 2 nitrogen and oxygen atoms in total. The molecule has 1 heterocycles. The maximum Gasteiger partial charge on any atom is 0.179 e. The van der Waals surface area contributed by atoms with Gasteiger partial charge in [-0.2, -0.15) is 0 Å². The number of Topliss-reactive ketones (excluding diaryl/α,β-unsaturated/α-hetero) is 1. The van der Waals surface area contributed by atoms with Crippen molar-refractivity contribution in [3.05, 3.63) is 52.2 Å². The molecule has 0 aliphatic rings. The number of hydrogen-bond donors (Lipinski definition) is 0. The standard InChI is InChI=1S/C15H17NOS/c1-11(15(17)14-5-4-10-18-14)12-6-8-13(9-7-12)16(2)3/h4-11H,1-3H3. The summed E-state index contributed by atoms with van der Waals surface area (Å²) in [7, 11) is 4.02. The third-order valence-corrected chi connectivity index (χ3v) is 3.95. The van der Waals surface area contributed by atoms with Crippen LogP contribution in [-0.2, 0) is 0 Å². The van der Waals surface area contributed by atoms with Crippen LogP contribution in [0.5, 0.6) is 0 Å². The maximum atomic E-state index is 12.2. The molecule has 0 N–H and O–H groups in total. The number of benzene rings is 1. The molecular formula is C15H17NOS. The average Bonchev–Trinajstić information content (AvgIpc) is 2.91. The Morgan fingerprint density at radius 1 is 1.17 bits per heavy atom. The first kappa shape index (κ1) is 12.8. The molecule has 0 fully saturated rings. The molecule has 0 aliphatic heterocycles. The molecule has 1 atom stereocenters.